The third-order valence-electron chi connectivity index (χ3n) is 10.9. The molecule has 2 spiro atoms. The molecule has 184 valence electrons. The van der Waals surface area contributed by atoms with Gasteiger partial charge in [-0.1, -0.05) is 84.5 Å². The lowest BCUT2D eigenvalue weighted by Gasteiger charge is -2.59. The zero-order chi connectivity index (χ0) is 22.4. The van der Waals surface area contributed by atoms with Crippen LogP contribution in [0.15, 0.2) is 0 Å². The zero-order valence-electron chi connectivity index (χ0n) is 21.8. The van der Waals surface area contributed by atoms with Crippen molar-refractivity contribution in [3.05, 3.63) is 0 Å². The van der Waals surface area contributed by atoms with E-state index in [2.05, 4.69) is 13.8 Å². The topological polar surface area (TPSA) is 17.1 Å². The molecule has 4 aliphatic carbocycles. The molecule has 0 aromatic carbocycles. The van der Waals surface area contributed by atoms with Crippen molar-refractivity contribution in [2.45, 2.75) is 155 Å². The van der Waals surface area contributed by atoms with E-state index in [1.54, 1.807) is 0 Å². The van der Waals surface area contributed by atoms with Crippen LogP contribution in [0, 0.1) is 34.5 Å². The third-order valence-corrected chi connectivity index (χ3v) is 10.9. The molecule has 0 N–H and O–H groups in total. The van der Waals surface area contributed by atoms with Crippen LogP contribution in [0.3, 0.4) is 0 Å². The summed E-state index contributed by atoms with van der Waals surface area (Å²) in [6, 6.07) is 0. The lowest BCUT2D eigenvalue weighted by atomic mass is 9.42. The molecule has 0 heterocycles. The Hall–Kier alpha value is -0.330. The summed E-state index contributed by atoms with van der Waals surface area (Å²) in [7, 11) is 0. The molecular weight excluding hydrogens is 388 g/mol. The van der Waals surface area contributed by atoms with Crippen LogP contribution in [0.25, 0.3) is 0 Å². The smallest absolute Gasteiger partial charge is 0.145 e. The SMILES string of the molecule is CCCCCCC1CCC([C@H]2CC[C@]3(CC2)C[C@@]2(CCC(CCCCC)CC2)C3=O)CC1. The fraction of sp³-hybridized carbons (Fsp3) is 0.968. The van der Waals surface area contributed by atoms with Crippen LogP contribution in [-0.2, 0) is 4.79 Å². The summed E-state index contributed by atoms with van der Waals surface area (Å²) in [5.74, 6) is 4.63. The molecule has 0 atom stereocenters. The minimum atomic E-state index is 0.141. The van der Waals surface area contributed by atoms with Gasteiger partial charge in [0, 0.05) is 10.8 Å². The van der Waals surface area contributed by atoms with Crippen LogP contribution in [-0.4, -0.2) is 5.78 Å². The number of ketones is 1. The van der Waals surface area contributed by atoms with Gasteiger partial charge in [0.25, 0.3) is 0 Å². The van der Waals surface area contributed by atoms with Gasteiger partial charge in [0.15, 0.2) is 0 Å². The minimum Gasteiger partial charge on any atom is -0.298 e. The van der Waals surface area contributed by atoms with E-state index < -0.39 is 0 Å². The third kappa shape index (κ3) is 5.49. The van der Waals surface area contributed by atoms with Crippen LogP contribution in [0.4, 0.5) is 0 Å². The molecule has 0 aromatic rings. The molecule has 4 aliphatic rings. The van der Waals surface area contributed by atoms with E-state index in [1.807, 2.05) is 0 Å². The lowest BCUT2D eigenvalue weighted by molar-refractivity contribution is -0.169. The quantitative estimate of drug-likeness (QED) is 0.308. The van der Waals surface area contributed by atoms with Crippen LogP contribution >= 0.6 is 0 Å². The number of hydrogen-bond acceptors (Lipinski definition) is 1. The van der Waals surface area contributed by atoms with E-state index in [1.165, 1.54) is 141 Å². The summed E-state index contributed by atoms with van der Waals surface area (Å²) in [4.78, 5) is 13.6. The molecule has 0 aliphatic heterocycles. The van der Waals surface area contributed by atoms with Gasteiger partial charge in [0.05, 0.1) is 0 Å². The number of hydrogen-bond donors (Lipinski definition) is 0. The number of carbonyl (C=O) groups is 1. The molecule has 0 radical (unpaired) electrons. The maximum absolute atomic E-state index is 13.6. The van der Waals surface area contributed by atoms with E-state index in [4.69, 9.17) is 0 Å². The highest BCUT2D eigenvalue weighted by atomic mass is 16.1. The maximum atomic E-state index is 13.6. The molecule has 0 saturated heterocycles. The molecule has 0 amide bonds. The largest absolute Gasteiger partial charge is 0.298 e. The minimum absolute atomic E-state index is 0.141. The summed E-state index contributed by atoms with van der Waals surface area (Å²) < 4.78 is 0. The van der Waals surface area contributed by atoms with Gasteiger partial charge < -0.3 is 0 Å². The first-order valence-electron chi connectivity index (χ1n) is 15.2. The van der Waals surface area contributed by atoms with Crippen molar-refractivity contribution < 1.29 is 4.79 Å². The molecule has 1 heteroatoms. The van der Waals surface area contributed by atoms with Gasteiger partial charge in [-0.15, -0.1) is 0 Å². The van der Waals surface area contributed by atoms with Gasteiger partial charge >= 0.3 is 0 Å². The zero-order valence-corrected chi connectivity index (χ0v) is 21.8. The highest BCUT2D eigenvalue weighted by Crippen LogP contribution is 2.64. The molecule has 4 fully saturated rings. The summed E-state index contributed by atoms with van der Waals surface area (Å²) in [6.07, 6.45) is 30.4. The summed E-state index contributed by atoms with van der Waals surface area (Å²) in [5.41, 5.74) is 0.284. The second-order valence-corrected chi connectivity index (χ2v) is 13.0. The van der Waals surface area contributed by atoms with E-state index >= 15 is 0 Å². The average molecular weight is 443 g/mol. The highest BCUT2D eigenvalue weighted by molar-refractivity contribution is 5.96. The standard InChI is InChI=1S/C31H54O/c1-3-5-7-9-11-25-12-14-27(15-13-25)28-18-22-31(23-19-28)24-30(29(31)32)20-16-26(17-21-30)10-8-6-4-2/h25-28H,3-24H2,1-2H3/t25?,26?,27?,28-,30-,31-. The predicted octanol–water partition coefficient (Wildman–Crippen LogP) is 9.67. The monoisotopic (exact) mass is 442 g/mol. The van der Waals surface area contributed by atoms with Crippen molar-refractivity contribution in [3.8, 4) is 0 Å². The normalized spacial score (nSPS) is 40.0. The van der Waals surface area contributed by atoms with E-state index in [-0.39, 0.29) is 10.8 Å². The van der Waals surface area contributed by atoms with Crippen LogP contribution in [0.2, 0.25) is 0 Å². The molecule has 4 rings (SSSR count). The number of carbonyl (C=O) groups excluding carboxylic acids is 1. The molecule has 0 bridgehead atoms. The van der Waals surface area contributed by atoms with E-state index in [0.29, 0.717) is 0 Å². The highest BCUT2D eigenvalue weighted by Gasteiger charge is 2.63. The Morgan fingerprint density at radius 2 is 1.06 bits per heavy atom. The van der Waals surface area contributed by atoms with Gasteiger partial charge in [0.1, 0.15) is 5.78 Å². The lowest BCUT2D eigenvalue weighted by Crippen LogP contribution is -2.59. The summed E-state index contributed by atoms with van der Waals surface area (Å²) in [6.45, 7) is 4.62. The first kappa shape index (κ1) is 24.8. The fourth-order valence-corrected chi connectivity index (χ4v) is 8.75. The number of unbranched alkanes of at least 4 members (excludes halogenated alkanes) is 5. The van der Waals surface area contributed by atoms with Crippen LogP contribution in [0.1, 0.15) is 155 Å². The van der Waals surface area contributed by atoms with Gasteiger partial charge in [-0.2, -0.15) is 0 Å². The predicted molar refractivity (Wildman–Crippen MR) is 137 cm³/mol. The van der Waals surface area contributed by atoms with Gasteiger partial charge in [-0.25, -0.2) is 0 Å². The molecular formula is C31H54O. The Labute approximate surface area is 200 Å². The second kappa shape index (κ2) is 11.4. The van der Waals surface area contributed by atoms with Gasteiger partial charge in [-0.3, -0.25) is 4.79 Å². The van der Waals surface area contributed by atoms with E-state index in [9.17, 15) is 4.79 Å². The average Bonchev–Trinajstić information content (AvgIpc) is 2.84. The molecule has 0 aromatic heterocycles. The van der Waals surface area contributed by atoms with Crippen molar-refractivity contribution in [2.75, 3.05) is 0 Å². The van der Waals surface area contributed by atoms with E-state index in [0.717, 1.165) is 29.5 Å². The molecule has 1 nitrogen and oxygen atoms in total. The Balaban J connectivity index is 1.16. The number of rotatable bonds is 10. The first-order valence-corrected chi connectivity index (χ1v) is 15.2. The Morgan fingerprint density at radius 1 is 0.594 bits per heavy atom. The van der Waals surface area contributed by atoms with Crippen molar-refractivity contribution in [3.63, 3.8) is 0 Å². The molecule has 0 unspecified atom stereocenters. The van der Waals surface area contributed by atoms with Crippen LogP contribution in [0.5, 0.6) is 0 Å². The van der Waals surface area contributed by atoms with Crippen molar-refractivity contribution in [2.24, 2.45) is 34.5 Å². The fourth-order valence-electron chi connectivity index (χ4n) is 8.75. The summed E-state index contributed by atoms with van der Waals surface area (Å²) >= 11 is 0. The van der Waals surface area contributed by atoms with Crippen molar-refractivity contribution in [1.82, 2.24) is 0 Å². The molecule has 4 saturated carbocycles. The summed E-state index contributed by atoms with van der Waals surface area (Å²) in [5, 5.41) is 0. The van der Waals surface area contributed by atoms with Crippen molar-refractivity contribution in [1.29, 1.82) is 0 Å². The van der Waals surface area contributed by atoms with Gasteiger partial charge in [0.2, 0.25) is 0 Å². The second-order valence-electron chi connectivity index (χ2n) is 13.0. The Morgan fingerprint density at radius 3 is 1.62 bits per heavy atom. The first-order chi connectivity index (χ1) is 15.6. The van der Waals surface area contributed by atoms with Crippen molar-refractivity contribution >= 4 is 5.78 Å². The number of Topliss-reactive ketones (excluding diaryl/α,β-unsaturated/α-hetero) is 1. The Bertz CT molecular complexity index is 567. The Kier molecular flexibility index (Phi) is 8.83. The van der Waals surface area contributed by atoms with Crippen LogP contribution < -0.4 is 0 Å². The molecule has 32 heavy (non-hydrogen) atoms. The van der Waals surface area contributed by atoms with Gasteiger partial charge in [-0.05, 0) is 94.3 Å². The maximum Gasteiger partial charge on any atom is 0.145 e.